The smallest absolute Gasteiger partial charge is 0.155 e. The molecule has 0 bridgehead atoms. The van der Waals surface area contributed by atoms with Gasteiger partial charge in [-0.15, -0.1) is 11.3 Å². The molecule has 2 N–H and O–H groups in total. The number of nitrogens with zero attached hydrogens (tertiary/aromatic N) is 1. The SMILES string of the molecule is NC1C=C(c2ccc(Cl)s2)N(C2CCC2)O1. The summed E-state index contributed by atoms with van der Waals surface area (Å²) in [7, 11) is 0. The Morgan fingerprint density at radius 1 is 1.44 bits per heavy atom. The molecule has 0 aromatic carbocycles. The van der Waals surface area contributed by atoms with Gasteiger partial charge >= 0.3 is 0 Å². The van der Waals surface area contributed by atoms with Crippen LogP contribution in [0.3, 0.4) is 0 Å². The Kier molecular flexibility index (Phi) is 2.67. The molecule has 0 amide bonds. The zero-order valence-electron chi connectivity index (χ0n) is 8.73. The second-order valence-electron chi connectivity index (χ2n) is 4.14. The van der Waals surface area contributed by atoms with Gasteiger partial charge in [-0.25, -0.2) is 5.06 Å². The molecule has 0 radical (unpaired) electrons. The number of nitrogens with two attached hydrogens (primary N) is 1. The van der Waals surface area contributed by atoms with E-state index in [-0.39, 0.29) is 6.23 Å². The van der Waals surface area contributed by atoms with Crippen LogP contribution >= 0.6 is 22.9 Å². The maximum Gasteiger partial charge on any atom is 0.155 e. The van der Waals surface area contributed by atoms with Crippen LogP contribution in [0.1, 0.15) is 24.1 Å². The van der Waals surface area contributed by atoms with Crippen LogP contribution in [-0.2, 0) is 4.84 Å². The molecule has 0 spiro atoms. The summed E-state index contributed by atoms with van der Waals surface area (Å²) in [6.45, 7) is 0. The first-order chi connectivity index (χ1) is 7.74. The summed E-state index contributed by atoms with van der Waals surface area (Å²) < 4.78 is 0.796. The van der Waals surface area contributed by atoms with Gasteiger partial charge in [0.05, 0.1) is 21.0 Å². The van der Waals surface area contributed by atoms with E-state index in [0.717, 1.165) is 14.9 Å². The Hall–Kier alpha value is -0.550. The van der Waals surface area contributed by atoms with Crippen molar-refractivity contribution in [1.82, 2.24) is 5.06 Å². The molecule has 86 valence electrons. The number of rotatable bonds is 2. The maximum absolute atomic E-state index is 5.95. The van der Waals surface area contributed by atoms with Crippen molar-refractivity contribution in [2.45, 2.75) is 31.5 Å². The lowest BCUT2D eigenvalue weighted by atomic mass is 9.92. The second kappa shape index (κ2) is 4.04. The number of hydroxylamine groups is 2. The Morgan fingerprint density at radius 2 is 2.25 bits per heavy atom. The van der Waals surface area contributed by atoms with Gasteiger partial charge in [0.1, 0.15) is 0 Å². The third-order valence-corrected chi connectivity index (χ3v) is 4.28. The van der Waals surface area contributed by atoms with Crippen LogP contribution in [0.25, 0.3) is 5.70 Å². The molecule has 0 saturated heterocycles. The van der Waals surface area contributed by atoms with Crippen LogP contribution < -0.4 is 5.73 Å². The molecule has 1 aromatic rings. The second-order valence-corrected chi connectivity index (χ2v) is 5.85. The molecular formula is C11H13ClN2OS. The normalized spacial score (nSPS) is 25.8. The zero-order valence-corrected chi connectivity index (χ0v) is 10.3. The van der Waals surface area contributed by atoms with Gasteiger partial charge in [-0.1, -0.05) is 11.6 Å². The molecule has 1 atom stereocenters. The highest BCUT2D eigenvalue weighted by atomic mass is 35.5. The molecule has 1 aliphatic carbocycles. The van der Waals surface area contributed by atoms with Gasteiger partial charge in [0.25, 0.3) is 0 Å². The minimum atomic E-state index is -0.323. The molecule has 3 rings (SSSR count). The molecule has 1 fully saturated rings. The van der Waals surface area contributed by atoms with Gasteiger partial charge in [0.2, 0.25) is 0 Å². The fourth-order valence-electron chi connectivity index (χ4n) is 1.99. The van der Waals surface area contributed by atoms with Crippen molar-refractivity contribution in [3.05, 3.63) is 27.4 Å². The highest BCUT2D eigenvalue weighted by molar-refractivity contribution is 7.17. The molecule has 2 aliphatic rings. The molecule has 1 unspecified atom stereocenters. The van der Waals surface area contributed by atoms with Gasteiger partial charge in [0, 0.05) is 0 Å². The third kappa shape index (κ3) is 1.76. The summed E-state index contributed by atoms with van der Waals surface area (Å²) in [6.07, 6.45) is 5.28. The van der Waals surface area contributed by atoms with E-state index in [2.05, 4.69) is 0 Å². The molecule has 1 aromatic heterocycles. The van der Waals surface area contributed by atoms with Crippen LogP contribution in [-0.4, -0.2) is 17.3 Å². The average molecular weight is 257 g/mol. The average Bonchev–Trinajstić information content (AvgIpc) is 2.70. The monoisotopic (exact) mass is 256 g/mol. The van der Waals surface area contributed by atoms with E-state index < -0.39 is 0 Å². The van der Waals surface area contributed by atoms with Crippen molar-refractivity contribution < 1.29 is 4.84 Å². The first kappa shape index (κ1) is 10.6. The van der Waals surface area contributed by atoms with E-state index in [4.69, 9.17) is 22.2 Å². The summed E-state index contributed by atoms with van der Waals surface area (Å²) >= 11 is 7.51. The van der Waals surface area contributed by atoms with Crippen molar-refractivity contribution >= 4 is 28.6 Å². The van der Waals surface area contributed by atoms with Gasteiger partial charge in [-0.2, -0.15) is 0 Å². The predicted octanol–water partition coefficient (Wildman–Crippen LogP) is 2.83. The highest BCUT2D eigenvalue weighted by Gasteiger charge is 2.33. The van der Waals surface area contributed by atoms with E-state index in [1.165, 1.54) is 19.3 Å². The van der Waals surface area contributed by atoms with Crippen molar-refractivity contribution in [3.8, 4) is 0 Å². The summed E-state index contributed by atoms with van der Waals surface area (Å²) in [5.74, 6) is 0. The number of hydrogen-bond donors (Lipinski definition) is 1. The van der Waals surface area contributed by atoms with E-state index in [1.807, 2.05) is 23.3 Å². The molecular weight excluding hydrogens is 244 g/mol. The summed E-state index contributed by atoms with van der Waals surface area (Å²) in [6, 6.07) is 4.41. The van der Waals surface area contributed by atoms with Gasteiger partial charge in [-0.3, -0.25) is 4.84 Å². The van der Waals surface area contributed by atoms with Crippen LogP contribution in [0, 0.1) is 0 Å². The first-order valence-electron chi connectivity index (χ1n) is 5.43. The fourth-order valence-corrected chi connectivity index (χ4v) is 3.05. The van der Waals surface area contributed by atoms with E-state index in [0.29, 0.717) is 6.04 Å². The number of halogens is 1. The highest BCUT2D eigenvalue weighted by Crippen LogP contribution is 2.38. The lowest BCUT2D eigenvalue weighted by Crippen LogP contribution is -2.38. The Balaban J connectivity index is 1.88. The largest absolute Gasteiger partial charge is 0.301 e. The maximum atomic E-state index is 5.95. The van der Waals surface area contributed by atoms with E-state index >= 15 is 0 Å². The van der Waals surface area contributed by atoms with Crippen LogP contribution in [0.4, 0.5) is 0 Å². The van der Waals surface area contributed by atoms with Crippen molar-refractivity contribution in [2.24, 2.45) is 5.73 Å². The molecule has 3 nitrogen and oxygen atoms in total. The zero-order chi connectivity index (χ0) is 11.1. The lowest BCUT2D eigenvalue weighted by molar-refractivity contribution is -0.160. The lowest BCUT2D eigenvalue weighted by Gasteiger charge is -2.36. The Bertz CT molecular complexity index is 427. The van der Waals surface area contributed by atoms with E-state index in [9.17, 15) is 0 Å². The topological polar surface area (TPSA) is 38.5 Å². The van der Waals surface area contributed by atoms with Crippen molar-refractivity contribution in [1.29, 1.82) is 0 Å². The van der Waals surface area contributed by atoms with E-state index in [1.54, 1.807) is 11.3 Å². The molecule has 1 saturated carbocycles. The van der Waals surface area contributed by atoms with Crippen LogP contribution in [0.2, 0.25) is 4.34 Å². The summed E-state index contributed by atoms with van der Waals surface area (Å²) in [5, 5.41) is 1.97. The molecule has 1 aliphatic heterocycles. The van der Waals surface area contributed by atoms with Gasteiger partial charge < -0.3 is 5.73 Å². The van der Waals surface area contributed by atoms with Gasteiger partial charge in [0.15, 0.2) is 6.23 Å². The Morgan fingerprint density at radius 3 is 2.81 bits per heavy atom. The predicted molar refractivity (Wildman–Crippen MR) is 65.8 cm³/mol. The summed E-state index contributed by atoms with van der Waals surface area (Å²) in [4.78, 5) is 6.75. The molecule has 5 heteroatoms. The standard InChI is InChI=1S/C11H13ClN2OS/c12-10-5-4-9(16-10)8-6-11(13)15-14(8)7-2-1-3-7/h4-7,11H,1-3,13H2. The molecule has 16 heavy (non-hydrogen) atoms. The van der Waals surface area contributed by atoms with Crippen LogP contribution in [0.15, 0.2) is 18.2 Å². The van der Waals surface area contributed by atoms with Crippen LogP contribution in [0.5, 0.6) is 0 Å². The van der Waals surface area contributed by atoms with Crippen molar-refractivity contribution in [3.63, 3.8) is 0 Å². The quantitative estimate of drug-likeness (QED) is 0.884. The number of thiophene rings is 1. The minimum Gasteiger partial charge on any atom is -0.301 e. The molecule has 2 heterocycles. The van der Waals surface area contributed by atoms with Gasteiger partial charge in [-0.05, 0) is 37.5 Å². The Labute approximate surface area is 103 Å². The number of hydrogen-bond acceptors (Lipinski definition) is 4. The summed E-state index contributed by atoms with van der Waals surface area (Å²) in [5.41, 5.74) is 6.89. The fraction of sp³-hybridized carbons (Fsp3) is 0.455. The minimum absolute atomic E-state index is 0.323. The van der Waals surface area contributed by atoms with Crippen molar-refractivity contribution in [2.75, 3.05) is 0 Å². The first-order valence-corrected chi connectivity index (χ1v) is 6.62. The third-order valence-electron chi connectivity index (χ3n) is 3.03.